The summed E-state index contributed by atoms with van der Waals surface area (Å²) in [7, 11) is -3.88. The van der Waals surface area contributed by atoms with Gasteiger partial charge in [0, 0.05) is 4.47 Å². The standard InChI is InChI=1S/C17H16BrN3O4S/c1-9-3-5-13(12(18)7-9)21-26(24,25)11-4-6-14-15(8-11)20-17(23)10(2)16(22)19-14/h3-8,10,21H,1-2H3,(H,19,22)(H,20,23). The van der Waals surface area contributed by atoms with Gasteiger partial charge in [-0.15, -0.1) is 0 Å². The van der Waals surface area contributed by atoms with Gasteiger partial charge < -0.3 is 10.6 Å². The molecule has 3 rings (SSSR count). The number of anilines is 3. The minimum Gasteiger partial charge on any atom is -0.324 e. The van der Waals surface area contributed by atoms with Crippen LogP contribution in [0.4, 0.5) is 17.1 Å². The molecule has 0 fully saturated rings. The van der Waals surface area contributed by atoms with Gasteiger partial charge in [0.15, 0.2) is 0 Å². The molecule has 0 saturated carbocycles. The van der Waals surface area contributed by atoms with Gasteiger partial charge in [-0.05, 0) is 65.7 Å². The quantitative estimate of drug-likeness (QED) is 0.641. The van der Waals surface area contributed by atoms with Crippen LogP contribution in [0.2, 0.25) is 0 Å². The number of carbonyl (C=O) groups is 2. The lowest BCUT2D eigenvalue weighted by atomic mass is 10.1. The maximum atomic E-state index is 12.7. The summed E-state index contributed by atoms with van der Waals surface area (Å²) in [6.07, 6.45) is 0. The molecule has 1 unspecified atom stereocenters. The van der Waals surface area contributed by atoms with Crippen molar-refractivity contribution in [3.8, 4) is 0 Å². The Hall–Kier alpha value is -2.39. The number of aryl methyl sites for hydroxylation is 1. The van der Waals surface area contributed by atoms with Crippen LogP contribution in [-0.2, 0) is 19.6 Å². The van der Waals surface area contributed by atoms with Crippen molar-refractivity contribution >= 4 is 54.8 Å². The molecular weight excluding hydrogens is 422 g/mol. The molecule has 0 radical (unpaired) electrons. The molecule has 26 heavy (non-hydrogen) atoms. The van der Waals surface area contributed by atoms with Gasteiger partial charge in [0.25, 0.3) is 10.0 Å². The van der Waals surface area contributed by atoms with Gasteiger partial charge in [-0.2, -0.15) is 0 Å². The first-order valence-electron chi connectivity index (χ1n) is 7.72. The van der Waals surface area contributed by atoms with Crippen LogP contribution in [0, 0.1) is 12.8 Å². The molecule has 2 aromatic carbocycles. The molecule has 1 heterocycles. The molecule has 7 nitrogen and oxygen atoms in total. The number of carbonyl (C=O) groups excluding carboxylic acids is 2. The molecule has 1 aliphatic rings. The summed E-state index contributed by atoms with van der Waals surface area (Å²) in [6, 6.07) is 9.37. The Balaban J connectivity index is 1.96. The second-order valence-corrected chi connectivity index (χ2v) is 8.53. The Bertz CT molecular complexity index is 1020. The maximum Gasteiger partial charge on any atom is 0.262 e. The van der Waals surface area contributed by atoms with Crippen LogP contribution in [0.3, 0.4) is 0 Å². The fraction of sp³-hybridized carbons (Fsp3) is 0.176. The number of halogens is 1. The number of hydrogen-bond donors (Lipinski definition) is 3. The monoisotopic (exact) mass is 437 g/mol. The first-order valence-corrected chi connectivity index (χ1v) is 10.00. The van der Waals surface area contributed by atoms with E-state index >= 15 is 0 Å². The first kappa shape index (κ1) is 18.4. The third-order valence-corrected chi connectivity index (χ3v) is 5.99. The van der Waals surface area contributed by atoms with E-state index in [2.05, 4.69) is 31.3 Å². The topological polar surface area (TPSA) is 104 Å². The number of nitrogens with one attached hydrogen (secondary N) is 3. The van der Waals surface area contributed by atoms with Crippen LogP contribution in [0.5, 0.6) is 0 Å². The second kappa shape index (κ2) is 6.73. The Labute approximate surface area is 159 Å². The van der Waals surface area contributed by atoms with Crippen LogP contribution in [-0.4, -0.2) is 20.2 Å². The van der Waals surface area contributed by atoms with E-state index in [-0.39, 0.29) is 10.6 Å². The number of fused-ring (bicyclic) bond motifs is 1. The predicted molar refractivity (Wildman–Crippen MR) is 103 cm³/mol. The lowest BCUT2D eigenvalue weighted by Crippen LogP contribution is -2.28. The molecule has 2 amide bonds. The zero-order valence-electron chi connectivity index (χ0n) is 14.0. The highest BCUT2D eigenvalue weighted by Crippen LogP contribution is 2.31. The zero-order chi connectivity index (χ0) is 19.1. The number of hydrogen-bond acceptors (Lipinski definition) is 4. The van der Waals surface area contributed by atoms with Crippen molar-refractivity contribution in [2.45, 2.75) is 18.7 Å². The minimum absolute atomic E-state index is 0.0344. The largest absolute Gasteiger partial charge is 0.324 e. The van der Waals surface area contributed by atoms with Crippen molar-refractivity contribution in [3.05, 3.63) is 46.4 Å². The van der Waals surface area contributed by atoms with Gasteiger partial charge in [0.2, 0.25) is 11.8 Å². The molecule has 0 aliphatic carbocycles. The van der Waals surface area contributed by atoms with E-state index in [9.17, 15) is 18.0 Å². The van der Waals surface area contributed by atoms with Gasteiger partial charge in [-0.25, -0.2) is 8.42 Å². The molecule has 1 aliphatic heterocycles. The SMILES string of the molecule is Cc1ccc(NS(=O)(=O)c2ccc3c(c2)NC(=O)C(C)C(=O)N3)c(Br)c1. The average molecular weight is 438 g/mol. The predicted octanol–water partition coefficient (Wildman–Crippen LogP) is 3.09. The average Bonchev–Trinajstić information content (AvgIpc) is 2.67. The Morgan fingerprint density at radius 3 is 2.31 bits per heavy atom. The van der Waals surface area contributed by atoms with Crippen LogP contribution in [0.15, 0.2) is 45.8 Å². The third kappa shape index (κ3) is 3.58. The van der Waals surface area contributed by atoms with E-state index in [1.165, 1.54) is 25.1 Å². The van der Waals surface area contributed by atoms with Crippen molar-refractivity contribution in [1.82, 2.24) is 0 Å². The van der Waals surface area contributed by atoms with Crippen LogP contribution >= 0.6 is 15.9 Å². The highest BCUT2D eigenvalue weighted by Gasteiger charge is 2.28. The van der Waals surface area contributed by atoms with E-state index in [1.807, 2.05) is 6.92 Å². The minimum atomic E-state index is -3.88. The van der Waals surface area contributed by atoms with E-state index in [4.69, 9.17) is 0 Å². The lowest BCUT2D eigenvalue weighted by molar-refractivity contribution is -0.128. The van der Waals surface area contributed by atoms with Crippen molar-refractivity contribution in [2.24, 2.45) is 5.92 Å². The summed E-state index contributed by atoms with van der Waals surface area (Å²) in [4.78, 5) is 23.8. The zero-order valence-corrected chi connectivity index (χ0v) is 16.4. The van der Waals surface area contributed by atoms with Crippen molar-refractivity contribution in [1.29, 1.82) is 0 Å². The van der Waals surface area contributed by atoms with Crippen molar-refractivity contribution in [3.63, 3.8) is 0 Å². The highest BCUT2D eigenvalue weighted by molar-refractivity contribution is 9.10. The van der Waals surface area contributed by atoms with E-state index in [0.29, 0.717) is 15.8 Å². The summed E-state index contributed by atoms with van der Waals surface area (Å²) in [5, 5.41) is 5.18. The Kier molecular flexibility index (Phi) is 4.76. The number of amides is 2. The maximum absolute atomic E-state index is 12.7. The fourth-order valence-electron chi connectivity index (χ4n) is 2.41. The first-order chi connectivity index (χ1) is 12.2. The molecule has 0 spiro atoms. The summed E-state index contributed by atoms with van der Waals surface area (Å²) < 4.78 is 28.5. The molecule has 2 aromatic rings. The second-order valence-electron chi connectivity index (χ2n) is 6.00. The molecule has 0 saturated heterocycles. The molecule has 136 valence electrons. The van der Waals surface area contributed by atoms with Crippen molar-refractivity contribution in [2.75, 3.05) is 15.4 Å². The molecule has 3 N–H and O–H groups in total. The van der Waals surface area contributed by atoms with E-state index in [0.717, 1.165) is 5.56 Å². The summed E-state index contributed by atoms with van der Waals surface area (Å²) in [5.41, 5.74) is 1.97. The number of sulfonamides is 1. The lowest BCUT2D eigenvalue weighted by Gasteiger charge is -2.13. The normalized spacial score (nSPS) is 17.0. The third-order valence-electron chi connectivity index (χ3n) is 3.97. The molecule has 1 atom stereocenters. The molecule has 0 bridgehead atoms. The van der Waals surface area contributed by atoms with E-state index < -0.39 is 27.8 Å². The molecule has 9 heteroatoms. The van der Waals surface area contributed by atoms with Crippen LogP contribution in [0.25, 0.3) is 0 Å². The van der Waals surface area contributed by atoms with Crippen LogP contribution < -0.4 is 15.4 Å². The van der Waals surface area contributed by atoms with Gasteiger partial charge >= 0.3 is 0 Å². The van der Waals surface area contributed by atoms with Crippen molar-refractivity contribution < 1.29 is 18.0 Å². The summed E-state index contributed by atoms with van der Waals surface area (Å²) >= 11 is 3.33. The Morgan fingerprint density at radius 2 is 1.65 bits per heavy atom. The number of benzene rings is 2. The van der Waals surface area contributed by atoms with Gasteiger partial charge in [0.1, 0.15) is 5.92 Å². The molecule has 0 aromatic heterocycles. The molecular formula is C17H16BrN3O4S. The summed E-state index contributed by atoms with van der Waals surface area (Å²) in [5.74, 6) is -1.81. The van der Waals surface area contributed by atoms with Gasteiger partial charge in [0.05, 0.1) is 22.0 Å². The van der Waals surface area contributed by atoms with Gasteiger partial charge in [-0.1, -0.05) is 6.07 Å². The summed E-state index contributed by atoms with van der Waals surface area (Å²) in [6.45, 7) is 3.37. The van der Waals surface area contributed by atoms with Crippen LogP contribution in [0.1, 0.15) is 12.5 Å². The number of rotatable bonds is 3. The van der Waals surface area contributed by atoms with E-state index in [1.54, 1.807) is 18.2 Å². The smallest absolute Gasteiger partial charge is 0.262 e. The fourth-order valence-corrected chi connectivity index (χ4v) is 4.24. The highest BCUT2D eigenvalue weighted by atomic mass is 79.9. The van der Waals surface area contributed by atoms with Gasteiger partial charge in [-0.3, -0.25) is 14.3 Å². The Morgan fingerprint density at radius 1 is 1.00 bits per heavy atom.